The SMILES string of the molecule is CC(C)(C)[Si](C)(C)O[C@@H](COCc1ccccc1)[C@@H](O)COCc1ccccc1. The lowest BCUT2D eigenvalue weighted by atomic mass is 10.2. The topological polar surface area (TPSA) is 47.9 Å². The fourth-order valence-corrected chi connectivity index (χ4v) is 3.96. The number of benzene rings is 2. The van der Waals surface area contributed by atoms with Crippen LogP contribution in [-0.2, 0) is 27.1 Å². The number of aliphatic hydroxyl groups is 1. The van der Waals surface area contributed by atoms with Gasteiger partial charge in [0.25, 0.3) is 0 Å². The molecule has 0 unspecified atom stereocenters. The zero-order chi connectivity index (χ0) is 21.3. The number of ether oxygens (including phenoxy) is 2. The zero-order valence-corrected chi connectivity index (χ0v) is 19.4. The molecule has 0 radical (unpaired) electrons. The van der Waals surface area contributed by atoms with Crippen molar-refractivity contribution in [3.05, 3.63) is 71.8 Å². The maximum absolute atomic E-state index is 10.8. The van der Waals surface area contributed by atoms with E-state index >= 15 is 0 Å². The molecular formula is C24H36O4Si. The Kier molecular flexibility index (Phi) is 9.05. The van der Waals surface area contributed by atoms with Crippen molar-refractivity contribution in [1.29, 1.82) is 0 Å². The van der Waals surface area contributed by atoms with Gasteiger partial charge in [0.2, 0.25) is 0 Å². The van der Waals surface area contributed by atoms with Gasteiger partial charge in [-0.1, -0.05) is 81.4 Å². The zero-order valence-electron chi connectivity index (χ0n) is 18.4. The molecule has 0 aliphatic rings. The van der Waals surface area contributed by atoms with Crippen molar-refractivity contribution in [2.45, 2.75) is 64.3 Å². The third-order valence-corrected chi connectivity index (χ3v) is 9.98. The standard InChI is InChI=1S/C24H36O4Si/c1-24(2,3)29(4,5)28-23(19-27-17-21-14-10-7-11-15-21)22(25)18-26-16-20-12-8-6-9-13-20/h6-15,22-23,25H,16-19H2,1-5H3/t22-,23-/m0/s1. The van der Waals surface area contributed by atoms with Crippen molar-refractivity contribution >= 4 is 8.32 Å². The van der Waals surface area contributed by atoms with Crippen LogP contribution < -0.4 is 0 Å². The fraction of sp³-hybridized carbons (Fsp3) is 0.500. The van der Waals surface area contributed by atoms with Crippen molar-refractivity contribution in [3.8, 4) is 0 Å². The molecule has 29 heavy (non-hydrogen) atoms. The first-order valence-corrected chi connectivity index (χ1v) is 13.2. The van der Waals surface area contributed by atoms with E-state index < -0.39 is 20.5 Å². The summed E-state index contributed by atoms with van der Waals surface area (Å²) in [5, 5.41) is 10.9. The van der Waals surface area contributed by atoms with E-state index in [4.69, 9.17) is 13.9 Å². The molecule has 2 aromatic carbocycles. The predicted octanol–water partition coefficient (Wildman–Crippen LogP) is 5.17. The lowest BCUT2D eigenvalue weighted by Crippen LogP contribution is -2.49. The average Bonchev–Trinajstić information content (AvgIpc) is 2.68. The van der Waals surface area contributed by atoms with Gasteiger partial charge in [-0.3, -0.25) is 0 Å². The van der Waals surface area contributed by atoms with Gasteiger partial charge in [0.05, 0.1) is 32.5 Å². The van der Waals surface area contributed by atoms with Gasteiger partial charge in [-0.05, 0) is 29.3 Å². The Morgan fingerprint density at radius 1 is 0.793 bits per heavy atom. The van der Waals surface area contributed by atoms with E-state index in [0.717, 1.165) is 11.1 Å². The molecule has 0 amide bonds. The molecule has 0 aliphatic heterocycles. The average molecular weight is 417 g/mol. The molecule has 0 heterocycles. The summed E-state index contributed by atoms with van der Waals surface area (Å²) in [6, 6.07) is 20.0. The van der Waals surface area contributed by atoms with Crippen LogP contribution in [0.2, 0.25) is 18.1 Å². The molecule has 0 saturated carbocycles. The van der Waals surface area contributed by atoms with Crippen LogP contribution in [0.4, 0.5) is 0 Å². The van der Waals surface area contributed by atoms with E-state index in [9.17, 15) is 5.11 Å². The predicted molar refractivity (Wildman–Crippen MR) is 120 cm³/mol. The van der Waals surface area contributed by atoms with Gasteiger partial charge >= 0.3 is 0 Å². The summed E-state index contributed by atoms with van der Waals surface area (Å²) in [7, 11) is -2.06. The fourth-order valence-electron chi connectivity index (χ4n) is 2.63. The van der Waals surface area contributed by atoms with Gasteiger partial charge in [0, 0.05) is 0 Å². The summed E-state index contributed by atoms with van der Waals surface area (Å²) in [5.41, 5.74) is 2.19. The van der Waals surface area contributed by atoms with Crippen LogP contribution in [0.5, 0.6) is 0 Å². The van der Waals surface area contributed by atoms with E-state index in [0.29, 0.717) is 19.8 Å². The van der Waals surface area contributed by atoms with Gasteiger partial charge in [-0.25, -0.2) is 0 Å². The van der Waals surface area contributed by atoms with Crippen molar-refractivity contribution in [1.82, 2.24) is 0 Å². The molecule has 2 aromatic rings. The summed E-state index contributed by atoms with van der Waals surface area (Å²) in [6.07, 6.45) is -1.17. The van der Waals surface area contributed by atoms with Crippen LogP contribution in [-0.4, -0.2) is 38.8 Å². The largest absolute Gasteiger partial charge is 0.409 e. The first-order valence-electron chi connectivity index (χ1n) is 10.3. The van der Waals surface area contributed by atoms with Crippen LogP contribution in [0.3, 0.4) is 0 Å². The second-order valence-corrected chi connectivity index (χ2v) is 13.7. The highest BCUT2D eigenvalue weighted by Crippen LogP contribution is 2.37. The molecule has 0 bridgehead atoms. The highest BCUT2D eigenvalue weighted by atomic mass is 28.4. The first-order chi connectivity index (χ1) is 13.7. The summed E-state index contributed by atoms with van der Waals surface area (Å²) >= 11 is 0. The molecule has 0 aromatic heterocycles. The number of hydrogen-bond acceptors (Lipinski definition) is 4. The van der Waals surface area contributed by atoms with Gasteiger partial charge in [-0.15, -0.1) is 0 Å². The Balaban J connectivity index is 1.94. The molecule has 4 nitrogen and oxygen atoms in total. The maximum Gasteiger partial charge on any atom is 0.192 e. The Hall–Kier alpha value is -1.50. The van der Waals surface area contributed by atoms with E-state index in [1.54, 1.807) is 0 Å². The number of rotatable bonds is 11. The lowest BCUT2D eigenvalue weighted by molar-refractivity contribution is -0.0700. The van der Waals surface area contributed by atoms with E-state index in [1.165, 1.54) is 0 Å². The minimum Gasteiger partial charge on any atom is -0.409 e. The molecular weight excluding hydrogens is 380 g/mol. The van der Waals surface area contributed by atoms with Crippen LogP contribution in [0.15, 0.2) is 60.7 Å². The van der Waals surface area contributed by atoms with Crippen molar-refractivity contribution in [2.75, 3.05) is 13.2 Å². The maximum atomic E-state index is 10.8. The lowest BCUT2D eigenvalue weighted by Gasteiger charge is -2.40. The molecule has 5 heteroatoms. The van der Waals surface area contributed by atoms with E-state index in [2.05, 4.69) is 33.9 Å². The molecule has 2 rings (SSSR count). The second kappa shape index (κ2) is 11.0. The summed E-state index contributed by atoms with van der Waals surface area (Å²) in [5.74, 6) is 0. The van der Waals surface area contributed by atoms with Crippen molar-refractivity contribution in [3.63, 3.8) is 0 Å². The Labute approximate surface area is 177 Å². The molecule has 2 atom stereocenters. The Morgan fingerprint density at radius 3 is 1.69 bits per heavy atom. The number of hydrogen-bond donors (Lipinski definition) is 1. The van der Waals surface area contributed by atoms with Crippen LogP contribution >= 0.6 is 0 Å². The van der Waals surface area contributed by atoms with Gasteiger partial charge in [-0.2, -0.15) is 0 Å². The normalized spacial score (nSPS) is 14.6. The molecule has 0 fully saturated rings. The summed E-state index contributed by atoms with van der Waals surface area (Å²) < 4.78 is 18.2. The van der Waals surface area contributed by atoms with Gasteiger partial charge in [0.15, 0.2) is 8.32 Å². The van der Waals surface area contributed by atoms with Crippen molar-refractivity contribution in [2.24, 2.45) is 0 Å². The molecule has 160 valence electrons. The smallest absolute Gasteiger partial charge is 0.192 e. The minimum atomic E-state index is -2.06. The highest BCUT2D eigenvalue weighted by molar-refractivity contribution is 6.74. The quantitative estimate of drug-likeness (QED) is 0.513. The van der Waals surface area contributed by atoms with E-state index in [1.807, 2.05) is 60.7 Å². The Morgan fingerprint density at radius 2 is 1.24 bits per heavy atom. The van der Waals surface area contributed by atoms with Gasteiger partial charge < -0.3 is 19.0 Å². The monoisotopic (exact) mass is 416 g/mol. The van der Waals surface area contributed by atoms with Crippen LogP contribution in [0.1, 0.15) is 31.9 Å². The Bertz CT molecular complexity index is 698. The molecule has 0 spiro atoms. The second-order valence-electron chi connectivity index (χ2n) is 8.99. The molecule has 1 N–H and O–H groups in total. The minimum absolute atomic E-state index is 0.0509. The third kappa shape index (κ3) is 8.03. The summed E-state index contributed by atoms with van der Waals surface area (Å²) in [4.78, 5) is 0. The molecule has 0 aliphatic carbocycles. The number of aliphatic hydroxyl groups excluding tert-OH is 1. The van der Waals surface area contributed by atoms with Crippen LogP contribution in [0.25, 0.3) is 0 Å². The van der Waals surface area contributed by atoms with Crippen molar-refractivity contribution < 1.29 is 19.0 Å². The van der Waals surface area contributed by atoms with E-state index in [-0.39, 0.29) is 11.6 Å². The van der Waals surface area contributed by atoms with Crippen LogP contribution in [0, 0.1) is 0 Å². The highest BCUT2D eigenvalue weighted by Gasteiger charge is 2.40. The van der Waals surface area contributed by atoms with Gasteiger partial charge in [0.1, 0.15) is 6.10 Å². The first kappa shape index (κ1) is 23.8. The third-order valence-electron chi connectivity index (χ3n) is 5.48. The molecule has 0 saturated heterocycles. The summed E-state index contributed by atoms with van der Waals surface area (Å²) in [6.45, 7) is 12.5.